The lowest BCUT2D eigenvalue weighted by atomic mass is 10.1. The highest BCUT2D eigenvalue weighted by Gasteiger charge is 2.36. The van der Waals surface area contributed by atoms with Crippen molar-refractivity contribution >= 4 is 46.1 Å². The zero-order valence-electron chi connectivity index (χ0n) is 15.0. The number of carbonyl (C=O) groups is 1. The Hall–Kier alpha value is -3.12. The highest BCUT2D eigenvalue weighted by Crippen LogP contribution is 2.37. The summed E-state index contributed by atoms with van der Waals surface area (Å²) in [4.78, 5) is 20.4. The molecule has 4 rings (SSSR count). The molecule has 0 spiro atoms. The zero-order valence-corrected chi connectivity index (χ0v) is 15.8. The Morgan fingerprint density at radius 3 is 2.44 bits per heavy atom. The third-order valence-corrected chi connectivity index (χ3v) is 5.23. The third kappa shape index (κ3) is 3.19. The molecule has 1 amide bonds. The Balaban J connectivity index is 1.69. The van der Waals surface area contributed by atoms with Gasteiger partial charge in [-0.05, 0) is 29.3 Å². The van der Waals surface area contributed by atoms with Crippen LogP contribution in [-0.4, -0.2) is 35.9 Å². The van der Waals surface area contributed by atoms with Gasteiger partial charge in [0.1, 0.15) is 5.84 Å². The predicted molar refractivity (Wildman–Crippen MR) is 113 cm³/mol. The van der Waals surface area contributed by atoms with Crippen LogP contribution in [0.1, 0.15) is 11.1 Å². The van der Waals surface area contributed by atoms with Gasteiger partial charge >= 0.3 is 0 Å². The van der Waals surface area contributed by atoms with Gasteiger partial charge < -0.3 is 4.90 Å². The zero-order chi connectivity index (χ0) is 19.0. The number of hydrogen-bond acceptors (Lipinski definition) is 4. The minimum absolute atomic E-state index is 0.154. The molecule has 2 heterocycles. The van der Waals surface area contributed by atoms with Crippen molar-refractivity contribution in [3.8, 4) is 0 Å². The van der Waals surface area contributed by atoms with Gasteiger partial charge in [0.25, 0.3) is 5.91 Å². The van der Waals surface area contributed by atoms with Crippen LogP contribution in [0.3, 0.4) is 0 Å². The fraction of sp³-hybridized carbons (Fsp3) is 0.0952. The van der Waals surface area contributed by atoms with Crippen LogP contribution in [0.2, 0.25) is 0 Å². The van der Waals surface area contributed by atoms with Crippen LogP contribution >= 0.6 is 11.8 Å². The summed E-state index contributed by atoms with van der Waals surface area (Å²) in [7, 11) is 3.96. The summed E-state index contributed by atoms with van der Waals surface area (Å²) in [5.41, 5.74) is 4.09. The molecule has 0 aliphatic carbocycles. The van der Waals surface area contributed by atoms with Gasteiger partial charge in [-0.2, -0.15) is 4.99 Å². The quantitative estimate of drug-likeness (QED) is 0.823. The van der Waals surface area contributed by atoms with E-state index in [1.54, 1.807) is 11.0 Å². The maximum absolute atomic E-state index is 12.5. The van der Waals surface area contributed by atoms with Crippen molar-refractivity contribution in [3.05, 3.63) is 76.7 Å². The molecule has 0 saturated heterocycles. The molecule has 5 nitrogen and oxygen atoms in total. The first-order valence-electron chi connectivity index (χ1n) is 8.48. The summed E-state index contributed by atoms with van der Waals surface area (Å²) in [6.07, 6.45) is 1.73. The second-order valence-corrected chi connectivity index (χ2v) is 7.25. The van der Waals surface area contributed by atoms with Crippen LogP contribution in [0.25, 0.3) is 11.8 Å². The highest BCUT2D eigenvalue weighted by molar-refractivity contribution is 8.17. The molecule has 27 heavy (non-hydrogen) atoms. The molecule has 2 aromatic rings. The van der Waals surface area contributed by atoms with Crippen LogP contribution < -0.4 is 4.90 Å². The average Bonchev–Trinajstić information content (AvgIpc) is 3.10. The molecule has 0 atom stereocenters. The van der Waals surface area contributed by atoms with E-state index in [0.29, 0.717) is 10.7 Å². The molecule has 0 radical (unpaired) electrons. The number of aliphatic imine (C=N–C) groups is 1. The molecule has 1 N–H and O–H groups in total. The first-order valence-corrected chi connectivity index (χ1v) is 9.36. The van der Waals surface area contributed by atoms with Crippen LogP contribution in [-0.2, 0) is 4.79 Å². The SMILES string of the molecule is CN(C)c1ccc(/C=C2\C(=N)N3C(c4ccccc4)=CSC3=NC2=O)cc1. The predicted octanol–water partition coefficient (Wildman–Crippen LogP) is 4.06. The van der Waals surface area contributed by atoms with Crippen molar-refractivity contribution in [2.75, 3.05) is 19.0 Å². The van der Waals surface area contributed by atoms with Gasteiger partial charge in [-0.1, -0.05) is 54.2 Å². The Bertz CT molecular complexity index is 1000. The smallest absolute Gasteiger partial charge is 0.283 e. The van der Waals surface area contributed by atoms with E-state index in [0.717, 1.165) is 22.5 Å². The second-order valence-electron chi connectivity index (χ2n) is 6.41. The molecule has 134 valence electrons. The number of nitrogens with zero attached hydrogens (tertiary/aromatic N) is 3. The van der Waals surface area contributed by atoms with E-state index in [9.17, 15) is 4.79 Å². The van der Waals surface area contributed by atoms with E-state index >= 15 is 0 Å². The van der Waals surface area contributed by atoms with Crippen LogP contribution in [0.5, 0.6) is 0 Å². The highest BCUT2D eigenvalue weighted by atomic mass is 32.2. The molecule has 2 aromatic carbocycles. The molecule has 2 aliphatic rings. The summed E-state index contributed by atoms with van der Waals surface area (Å²) < 4.78 is 0. The summed E-state index contributed by atoms with van der Waals surface area (Å²) in [5, 5.41) is 11.1. The van der Waals surface area contributed by atoms with E-state index < -0.39 is 0 Å². The Kier molecular flexibility index (Phi) is 4.41. The number of thioether (sulfide) groups is 1. The van der Waals surface area contributed by atoms with Crippen molar-refractivity contribution in [3.63, 3.8) is 0 Å². The van der Waals surface area contributed by atoms with E-state index in [-0.39, 0.29) is 11.7 Å². The monoisotopic (exact) mass is 374 g/mol. The van der Waals surface area contributed by atoms with Crippen molar-refractivity contribution in [1.29, 1.82) is 5.41 Å². The Morgan fingerprint density at radius 1 is 1.07 bits per heavy atom. The maximum Gasteiger partial charge on any atom is 0.283 e. The van der Waals surface area contributed by atoms with Crippen LogP contribution in [0.4, 0.5) is 5.69 Å². The average molecular weight is 374 g/mol. The van der Waals surface area contributed by atoms with Gasteiger partial charge in [0.05, 0.1) is 11.3 Å². The lowest BCUT2D eigenvalue weighted by molar-refractivity contribution is -0.114. The molecular formula is C21H18N4OS. The minimum atomic E-state index is -0.377. The van der Waals surface area contributed by atoms with Crippen LogP contribution in [0, 0.1) is 5.41 Å². The molecular weight excluding hydrogens is 356 g/mol. The Labute approximate surface area is 162 Å². The fourth-order valence-corrected chi connectivity index (χ4v) is 3.84. The number of rotatable bonds is 3. The van der Waals surface area contributed by atoms with E-state index in [4.69, 9.17) is 5.41 Å². The third-order valence-electron chi connectivity index (χ3n) is 4.40. The summed E-state index contributed by atoms with van der Waals surface area (Å²) in [6, 6.07) is 17.7. The van der Waals surface area contributed by atoms with Crippen molar-refractivity contribution < 1.29 is 4.79 Å². The second kappa shape index (κ2) is 6.89. The van der Waals surface area contributed by atoms with Gasteiger partial charge in [0.15, 0.2) is 5.17 Å². The number of nitrogens with one attached hydrogen (secondary N) is 1. The summed E-state index contributed by atoms with van der Waals surface area (Å²) in [6.45, 7) is 0. The topological polar surface area (TPSA) is 59.8 Å². The first-order chi connectivity index (χ1) is 13.0. The van der Waals surface area contributed by atoms with Gasteiger partial charge in [-0.15, -0.1) is 0 Å². The minimum Gasteiger partial charge on any atom is -0.378 e. The lowest BCUT2D eigenvalue weighted by Gasteiger charge is -2.27. The summed E-state index contributed by atoms with van der Waals surface area (Å²) >= 11 is 1.37. The molecule has 0 saturated carbocycles. The van der Waals surface area contributed by atoms with E-state index in [1.165, 1.54) is 11.8 Å². The lowest BCUT2D eigenvalue weighted by Crippen LogP contribution is -2.38. The van der Waals surface area contributed by atoms with Gasteiger partial charge in [-0.3, -0.25) is 15.1 Å². The van der Waals surface area contributed by atoms with Gasteiger partial charge in [-0.25, -0.2) is 0 Å². The number of amides is 1. The standard InChI is InChI=1S/C21H18N4OS/c1-24(2)16-10-8-14(9-11-16)12-17-19(22)25-18(15-6-4-3-5-7-15)13-27-21(25)23-20(17)26/h3-13,22H,1-2H3/b17-12+,22-19?. The number of benzene rings is 2. The van der Waals surface area contributed by atoms with Crippen molar-refractivity contribution in [1.82, 2.24) is 4.90 Å². The number of amidine groups is 2. The molecule has 6 heteroatoms. The van der Waals surface area contributed by atoms with Crippen molar-refractivity contribution in [2.24, 2.45) is 4.99 Å². The molecule has 2 aliphatic heterocycles. The summed E-state index contributed by atoms with van der Waals surface area (Å²) in [5.74, 6) is -0.222. The number of anilines is 1. The number of carbonyl (C=O) groups excluding carboxylic acids is 1. The largest absolute Gasteiger partial charge is 0.378 e. The first kappa shape index (κ1) is 17.3. The Morgan fingerprint density at radius 2 is 1.78 bits per heavy atom. The van der Waals surface area contributed by atoms with Gasteiger partial charge in [0.2, 0.25) is 0 Å². The maximum atomic E-state index is 12.5. The normalized spacial score (nSPS) is 17.7. The molecule has 0 aromatic heterocycles. The van der Waals surface area contributed by atoms with Crippen molar-refractivity contribution in [2.45, 2.75) is 0 Å². The molecule has 0 unspecified atom stereocenters. The fourth-order valence-electron chi connectivity index (χ4n) is 2.95. The number of hydrogen-bond donors (Lipinski definition) is 1. The van der Waals surface area contributed by atoms with E-state index in [1.807, 2.05) is 79.0 Å². The number of fused-ring (bicyclic) bond motifs is 1. The van der Waals surface area contributed by atoms with E-state index in [2.05, 4.69) is 4.99 Å². The van der Waals surface area contributed by atoms with Gasteiger partial charge in [0, 0.05) is 25.2 Å². The van der Waals surface area contributed by atoms with Crippen LogP contribution in [0.15, 0.2) is 70.6 Å². The molecule has 0 fully saturated rings. The molecule has 0 bridgehead atoms.